The predicted molar refractivity (Wildman–Crippen MR) is 84.5 cm³/mol. The number of rotatable bonds is 4. The van der Waals surface area contributed by atoms with E-state index in [-0.39, 0.29) is 11.9 Å². The average Bonchev–Trinajstić information content (AvgIpc) is 3.01. The SMILES string of the molecule is Cc1ccsc1[C@@H](CN1Cc2ncccc2C1=O)N(C)C. The molecule has 5 heteroatoms. The molecule has 0 saturated carbocycles. The Labute approximate surface area is 129 Å². The number of pyridine rings is 1. The van der Waals surface area contributed by atoms with Crippen molar-refractivity contribution in [1.82, 2.24) is 14.8 Å². The van der Waals surface area contributed by atoms with E-state index in [2.05, 4.69) is 42.3 Å². The van der Waals surface area contributed by atoms with Gasteiger partial charge >= 0.3 is 0 Å². The van der Waals surface area contributed by atoms with Crippen LogP contribution in [0.2, 0.25) is 0 Å². The van der Waals surface area contributed by atoms with Crippen LogP contribution in [-0.4, -0.2) is 41.3 Å². The lowest BCUT2D eigenvalue weighted by Gasteiger charge is -2.28. The number of carbonyl (C=O) groups is 1. The van der Waals surface area contributed by atoms with Crippen molar-refractivity contribution >= 4 is 17.2 Å². The van der Waals surface area contributed by atoms with Crippen LogP contribution in [0.5, 0.6) is 0 Å². The summed E-state index contributed by atoms with van der Waals surface area (Å²) >= 11 is 1.76. The zero-order valence-electron chi connectivity index (χ0n) is 12.5. The van der Waals surface area contributed by atoms with Crippen molar-refractivity contribution < 1.29 is 4.79 Å². The maximum absolute atomic E-state index is 12.5. The minimum Gasteiger partial charge on any atom is -0.331 e. The van der Waals surface area contributed by atoms with Gasteiger partial charge in [0.2, 0.25) is 0 Å². The van der Waals surface area contributed by atoms with E-state index in [1.165, 1.54) is 10.4 Å². The molecule has 0 radical (unpaired) electrons. The fourth-order valence-electron chi connectivity index (χ4n) is 2.74. The van der Waals surface area contributed by atoms with Gasteiger partial charge in [0, 0.05) is 17.6 Å². The van der Waals surface area contributed by atoms with E-state index >= 15 is 0 Å². The maximum Gasteiger partial charge on any atom is 0.256 e. The Bertz CT molecular complexity index is 665. The summed E-state index contributed by atoms with van der Waals surface area (Å²) in [7, 11) is 4.13. The molecule has 21 heavy (non-hydrogen) atoms. The van der Waals surface area contributed by atoms with Gasteiger partial charge in [0.25, 0.3) is 5.91 Å². The number of carbonyl (C=O) groups excluding carboxylic acids is 1. The summed E-state index contributed by atoms with van der Waals surface area (Å²) in [6.45, 7) is 3.44. The summed E-state index contributed by atoms with van der Waals surface area (Å²) in [4.78, 5) is 22.2. The summed E-state index contributed by atoms with van der Waals surface area (Å²) in [5.74, 6) is 0.0964. The highest BCUT2D eigenvalue weighted by molar-refractivity contribution is 7.10. The minimum atomic E-state index is 0.0964. The lowest BCUT2D eigenvalue weighted by atomic mass is 10.1. The number of thiophene rings is 1. The molecular weight excluding hydrogens is 282 g/mol. The molecule has 4 nitrogen and oxygen atoms in total. The molecule has 2 aromatic heterocycles. The molecule has 1 aliphatic heterocycles. The largest absolute Gasteiger partial charge is 0.331 e. The summed E-state index contributed by atoms with van der Waals surface area (Å²) in [6.07, 6.45) is 1.75. The van der Waals surface area contributed by atoms with Gasteiger partial charge in [-0.2, -0.15) is 0 Å². The second kappa shape index (κ2) is 5.58. The third-order valence-electron chi connectivity index (χ3n) is 3.97. The van der Waals surface area contributed by atoms with Crippen molar-refractivity contribution in [1.29, 1.82) is 0 Å². The molecule has 0 N–H and O–H groups in total. The standard InChI is InChI=1S/C16H19N3OS/c1-11-6-8-21-15(11)14(18(2)3)10-19-9-13-12(16(19)20)5-4-7-17-13/h4-8,14H,9-10H2,1-3H3/t14-/m1/s1. The third-order valence-corrected chi connectivity index (χ3v) is 5.09. The highest BCUT2D eigenvalue weighted by Crippen LogP contribution is 2.30. The van der Waals surface area contributed by atoms with Crippen LogP contribution in [0.25, 0.3) is 0 Å². The molecule has 0 spiro atoms. The van der Waals surface area contributed by atoms with Crippen LogP contribution in [-0.2, 0) is 6.54 Å². The second-order valence-corrected chi connectivity index (χ2v) is 6.58. The Hall–Kier alpha value is -1.72. The number of aromatic nitrogens is 1. The molecule has 0 fully saturated rings. The minimum absolute atomic E-state index is 0.0964. The number of likely N-dealkylation sites (N-methyl/N-ethyl adjacent to an activating group) is 1. The molecule has 1 atom stereocenters. The molecule has 0 aliphatic carbocycles. The van der Waals surface area contributed by atoms with Crippen molar-refractivity contribution in [2.75, 3.05) is 20.6 Å². The van der Waals surface area contributed by atoms with Gasteiger partial charge in [-0.1, -0.05) is 0 Å². The first kappa shape index (κ1) is 14.2. The Kier molecular flexibility index (Phi) is 3.78. The normalized spacial score (nSPS) is 15.6. The number of nitrogens with zero attached hydrogens (tertiary/aromatic N) is 3. The van der Waals surface area contributed by atoms with Gasteiger partial charge in [0.1, 0.15) is 0 Å². The number of aryl methyl sites for hydroxylation is 1. The summed E-state index contributed by atoms with van der Waals surface area (Å²) in [5, 5.41) is 2.11. The molecule has 3 rings (SSSR count). The predicted octanol–water partition coefficient (Wildman–Crippen LogP) is 2.71. The van der Waals surface area contributed by atoms with Crippen LogP contribution in [0.15, 0.2) is 29.8 Å². The monoisotopic (exact) mass is 301 g/mol. The van der Waals surface area contributed by atoms with Crippen LogP contribution in [0.1, 0.15) is 32.5 Å². The van der Waals surface area contributed by atoms with Crippen molar-refractivity contribution in [3.8, 4) is 0 Å². The van der Waals surface area contributed by atoms with Gasteiger partial charge in [-0.15, -0.1) is 11.3 Å². The first-order valence-corrected chi connectivity index (χ1v) is 7.89. The number of fused-ring (bicyclic) bond motifs is 1. The van der Waals surface area contributed by atoms with Crippen molar-refractivity contribution in [3.05, 3.63) is 51.5 Å². The van der Waals surface area contributed by atoms with Gasteiger partial charge in [-0.05, 0) is 50.2 Å². The molecule has 3 heterocycles. The summed E-state index contributed by atoms with van der Waals surface area (Å²) in [5.41, 5.74) is 2.93. The summed E-state index contributed by atoms with van der Waals surface area (Å²) in [6, 6.07) is 6.06. The van der Waals surface area contributed by atoms with E-state index in [0.29, 0.717) is 13.1 Å². The van der Waals surface area contributed by atoms with Crippen molar-refractivity contribution in [2.24, 2.45) is 0 Å². The van der Waals surface area contributed by atoms with Crippen LogP contribution in [0, 0.1) is 6.92 Å². The zero-order chi connectivity index (χ0) is 15.0. The van der Waals surface area contributed by atoms with Crippen LogP contribution >= 0.6 is 11.3 Å². The Balaban J connectivity index is 1.83. The highest BCUT2D eigenvalue weighted by atomic mass is 32.1. The zero-order valence-corrected chi connectivity index (χ0v) is 13.4. The Morgan fingerprint density at radius 2 is 2.24 bits per heavy atom. The maximum atomic E-state index is 12.5. The lowest BCUT2D eigenvalue weighted by Crippen LogP contribution is -2.35. The quantitative estimate of drug-likeness (QED) is 0.871. The Morgan fingerprint density at radius 1 is 1.43 bits per heavy atom. The molecule has 1 aliphatic rings. The lowest BCUT2D eigenvalue weighted by molar-refractivity contribution is 0.0732. The van der Waals surface area contributed by atoms with Gasteiger partial charge in [0.15, 0.2) is 0 Å². The van der Waals surface area contributed by atoms with Crippen LogP contribution in [0.4, 0.5) is 0 Å². The fraction of sp³-hybridized carbons (Fsp3) is 0.375. The first-order chi connectivity index (χ1) is 10.1. The smallest absolute Gasteiger partial charge is 0.256 e. The van der Waals surface area contributed by atoms with E-state index in [1.807, 2.05) is 17.0 Å². The van der Waals surface area contributed by atoms with Gasteiger partial charge in [-0.3, -0.25) is 9.78 Å². The first-order valence-electron chi connectivity index (χ1n) is 7.01. The van der Waals surface area contributed by atoms with E-state index in [0.717, 1.165) is 11.3 Å². The third kappa shape index (κ3) is 2.59. The molecule has 110 valence electrons. The topological polar surface area (TPSA) is 36.4 Å². The van der Waals surface area contributed by atoms with E-state index < -0.39 is 0 Å². The van der Waals surface area contributed by atoms with Crippen molar-refractivity contribution in [3.63, 3.8) is 0 Å². The van der Waals surface area contributed by atoms with Gasteiger partial charge in [0.05, 0.1) is 23.8 Å². The van der Waals surface area contributed by atoms with E-state index in [4.69, 9.17) is 0 Å². The fourth-order valence-corrected chi connectivity index (χ4v) is 3.86. The van der Waals surface area contributed by atoms with Crippen LogP contribution < -0.4 is 0 Å². The Morgan fingerprint density at radius 3 is 2.86 bits per heavy atom. The van der Waals surface area contributed by atoms with Crippen molar-refractivity contribution in [2.45, 2.75) is 19.5 Å². The highest BCUT2D eigenvalue weighted by Gasteiger charge is 2.31. The molecule has 0 saturated heterocycles. The molecule has 1 amide bonds. The molecule has 2 aromatic rings. The number of hydrogen-bond donors (Lipinski definition) is 0. The molecule has 0 bridgehead atoms. The average molecular weight is 301 g/mol. The van der Waals surface area contributed by atoms with E-state index in [1.54, 1.807) is 17.5 Å². The van der Waals surface area contributed by atoms with Gasteiger partial charge < -0.3 is 9.80 Å². The molecular formula is C16H19N3OS. The second-order valence-electron chi connectivity index (χ2n) is 5.63. The molecule has 0 aromatic carbocycles. The van der Waals surface area contributed by atoms with Crippen LogP contribution in [0.3, 0.4) is 0 Å². The van der Waals surface area contributed by atoms with E-state index in [9.17, 15) is 4.79 Å². The van der Waals surface area contributed by atoms with Gasteiger partial charge in [-0.25, -0.2) is 0 Å². The number of hydrogen-bond acceptors (Lipinski definition) is 4. The molecule has 0 unspecified atom stereocenters. The number of amides is 1. The summed E-state index contributed by atoms with van der Waals surface area (Å²) < 4.78 is 0.